The van der Waals surface area contributed by atoms with Gasteiger partial charge >= 0.3 is 5.97 Å². The number of carbonyl (C=O) groups is 1. The Balaban J connectivity index is 1.97. The van der Waals surface area contributed by atoms with E-state index in [0.717, 1.165) is 5.76 Å². The topological polar surface area (TPSA) is 92.3 Å². The van der Waals surface area contributed by atoms with Gasteiger partial charge in [0.05, 0.1) is 6.61 Å². The Kier molecular flexibility index (Phi) is 4.79. The molecule has 1 aliphatic rings. The molecular weight excluding hydrogens is 384 g/mol. The molecule has 2 atom stereocenters. The number of halogens is 1. The molecule has 3 aromatic heterocycles. The van der Waals surface area contributed by atoms with Crippen molar-refractivity contribution in [2.45, 2.75) is 39.5 Å². The van der Waals surface area contributed by atoms with E-state index in [1.54, 1.807) is 17.6 Å². The average Bonchev–Trinajstić information content (AvgIpc) is 3.33. The van der Waals surface area contributed by atoms with E-state index < -0.39 is 12.3 Å². The van der Waals surface area contributed by atoms with E-state index in [9.17, 15) is 4.79 Å². The highest BCUT2D eigenvalue weighted by molar-refractivity contribution is 6.33. The van der Waals surface area contributed by atoms with Gasteiger partial charge in [-0.05, 0) is 31.9 Å². The molecule has 1 saturated heterocycles. The maximum absolute atomic E-state index is 11.5. The van der Waals surface area contributed by atoms with Crippen LogP contribution in [0, 0.1) is 18.8 Å². The standard InChI is InChI=1S/C19H17ClN4O4/c1-4-5-14-21-16(20)15-18(22-14)24(17(23-15)12-7-6-10(2)27-12)19-13(8-9-26-19)28-11(3)25/h6-7,13,19H,8-9H2,1-3H3/t13-,19-/m1/s1. The zero-order chi connectivity index (χ0) is 19.8. The first-order chi connectivity index (χ1) is 13.5. The molecular formula is C19H17ClN4O4. The summed E-state index contributed by atoms with van der Waals surface area (Å²) in [6.07, 6.45) is -0.553. The molecule has 28 heavy (non-hydrogen) atoms. The highest BCUT2D eigenvalue weighted by Crippen LogP contribution is 2.36. The van der Waals surface area contributed by atoms with Gasteiger partial charge in [-0.25, -0.2) is 15.0 Å². The molecule has 0 aliphatic carbocycles. The lowest BCUT2D eigenvalue weighted by Crippen LogP contribution is -2.25. The molecule has 0 radical (unpaired) electrons. The number of carbonyl (C=O) groups excluding carboxylic acids is 1. The van der Waals surface area contributed by atoms with Crippen molar-refractivity contribution in [2.75, 3.05) is 6.61 Å². The number of rotatable bonds is 3. The van der Waals surface area contributed by atoms with Crippen molar-refractivity contribution in [3.05, 3.63) is 28.9 Å². The van der Waals surface area contributed by atoms with Gasteiger partial charge in [0.2, 0.25) is 5.82 Å². The van der Waals surface area contributed by atoms with E-state index >= 15 is 0 Å². The van der Waals surface area contributed by atoms with Crippen LogP contribution < -0.4 is 0 Å². The van der Waals surface area contributed by atoms with Crippen LogP contribution in [0.2, 0.25) is 5.15 Å². The fraction of sp³-hybridized carbons (Fsp3) is 0.368. The van der Waals surface area contributed by atoms with Crippen molar-refractivity contribution >= 4 is 28.7 Å². The Hall–Kier alpha value is -2.89. The number of esters is 1. The van der Waals surface area contributed by atoms with Crippen molar-refractivity contribution in [3.63, 3.8) is 0 Å². The molecule has 0 spiro atoms. The van der Waals surface area contributed by atoms with Crippen LogP contribution in [0.1, 0.15) is 38.1 Å². The van der Waals surface area contributed by atoms with Crippen LogP contribution in [0.5, 0.6) is 0 Å². The number of fused-ring (bicyclic) bond motifs is 1. The molecule has 9 heteroatoms. The van der Waals surface area contributed by atoms with Gasteiger partial charge in [0.15, 0.2) is 28.6 Å². The maximum Gasteiger partial charge on any atom is 0.303 e. The molecule has 0 saturated carbocycles. The third-order valence-electron chi connectivity index (χ3n) is 4.28. The molecule has 0 N–H and O–H groups in total. The predicted molar refractivity (Wildman–Crippen MR) is 100 cm³/mol. The fourth-order valence-corrected chi connectivity index (χ4v) is 3.41. The molecule has 0 amide bonds. The maximum atomic E-state index is 11.5. The average molecular weight is 401 g/mol. The van der Waals surface area contributed by atoms with Gasteiger partial charge in [-0.2, -0.15) is 0 Å². The molecule has 4 heterocycles. The molecule has 0 bridgehead atoms. The summed E-state index contributed by atoms with van der Waals surface area (Å²) in [6, 6.07) is 3.64. The van der Waals surface area contributed by atoms with Crippen LogP contribution in [0.4, 0.5) is 0 Å². The minimum Gasteiger partial charge on any atom is -0.458 e. The Labute approximate surface area is 165 Å². The first-order valence-corrected chi connectivity index (χ1v) is 9.09. The third-order valence-corrected chi connectivity index (χ3v) is 4.54. The molecule has 1 fully saturated rings. The van der Waals surface area contributed by atoms with Gasteiger partial charge in [0.1, 0.15) is 17.4 Å². The highest BCUT2D eigenvalue weighted by Gasteiger charge is 2.37. The van der Waals surface area contributed by atoms with Gasteiger partial charge in [0, 0.05) is 13.3 Å². The summed E-state index contributed by atoms with van der Waals surface area (Å²) in [4.78, 5) is 24.8. The number of ether oxygens (including phenoxy) is 2. The van der Waals surface area contributed by atoms with Crippen molar-refractivity contribution in [3.8, 4) is 23.4 Å². The van der Waals surface area contributed by atoms with E-state index in [1.165, 1.54) is 6.92 Å². The summed E-state index contributed by atoms with van der Waals surface area (Å²) in [5.74, 6) is 7.16. The largest absolute Gasteiger partial charge is 0.458 e. The van der Waals surface area contributed by atoms with E-state index in [4.69, 9.17) is 25.5 Å². The number of hydrogen-bond donors (Lipinski definition) is 0. The summed E-state index contributed by atoms with van der Waals surface area (Å²) >= 11 is 6.35. The van der Waals surface area contributed by atoms with E-state index in [1.807, 2.05) is 13.0 Å². The van der Waals surface area contributed by atoms with E-state index in [0.29, 0.717) is 35.8 Å². The Bertz CT molecular complexity index is 1120. The Morgan fingerprint density at radius 2 is 2.18 bits per heavy atom. The second kappa shape index (κ2) is 7.26. The fourth-order valence-electron chi connectivity index (χ4n) is 3.20. The van der Waals surface area contributed by atoms with Crippen LogP contribution in [-0.2, 0) is 14.3 Å². The monoisotopic (exact) mass is 400 g/mol. The lowest BCUT2D eigenvalue weighted by atomic mass is 10.2. The van der Waals surface area contributed by atoms with Gasteiger partial charge in [-0.15, -0.1) is 0 Å². The number of hydrogen-bond acceptors (Lipinski definition) is 7. The summed E-state index contributed by atoms with van der Waals surface area (Å²) in [5, 5.41) is 0.174. The molecule has 0 unspecified atom stereocenters. The number of aromatic nitrogens is 4. The normalized spacial score (nSPS) is 18.9. The van der Waals surface area contributed by atoms with E-state index in [-0.39, 0.29) is 16.9 Å². The van der Waals surface area contributed by atoms with Crippen LogP contribution >= 0.6 is 11.6 Å². The third kappa shape index (κ3) is 3.23. The van der Waals surface area contributed by atoms with Crippen molar-refractivity contribution in [1.29, 1.82) is 0 Å². The van der Waals surface area contributed by atoms with Crippen LogP contribution in [-0.4, -0.2) is 38.2 Å². The van der Waals surface area contributed by atoms with Gasteiger partial charge < -0.3 is 13.9 Å². The van der Waals surface area contributed by atoms with Crippen LogP contribution in [0.15, 0.2) is 16.5 Å². The van der Waals surface area contributed by atoms with Crippen LogP contribution in [0.25, 0.3) is 22.7 Å². The van der Waals surface area contributed by atoms with Gasteiger partial charge in [-0.3, -0.25) is 9.36 Å². The van der Waals surface area contributed by atoms with Gasteiger partial charge in [-0.1, -0.05) is 17.5 Å². The quantitative estimate of drug-likeness (QED) is 0.378. The van der Waals surface area contributed by atoms with Crippen molar-refractivity contribution in [2.24, 2.45) is 0 Å². The molecule has 3 aromatic rings. The Morgan fingerprint density at radius 3 is 2.86 bits per heavy atom. The Morgan fingerprint density at radius 1 is 1.36 bits per heavy atom. The minimum atomic E-state index is -0.622. The minimum absolute atomic E-state index is 0.174. The molecule has 0 aromatic carbocycles. The molecule has 144 valence electrons. The van der Waals surface area contributed by atoms with Crippen LogP contribution in [0.3, 0.4) is 0 Å². The lowest BCUT2D eigenvalue weighted by Gasteiger charge is -2.21. The van der Waals surface area contributed by atoms with E-state index in [2.05, 4.69) is 26.8 Å². The molecule has 4 rings (SSSR count). The van der Waals surface area contributed by atoms with Crippen molar-refractivity contribution in [1.82, 2.24) is 19.5 Å². The summed E-state index contributed by atoms with van der Waals surface area (Å²) < 4.78 is 18.9. The number of nitrogens with zero attached hydrogens (tertiary/aromatic N) is 4. The number of furan rings is 1. The molecule has 8 nitrogen and oxygen atoms in total. The summed E-state index contributed by atoms with van der Waals surface area (Å²) in [7, 11) is 0. The smallest absolute Gasteiger partial charge is 0.303 e. The zero-order valence-corrected chi connectivity index (χ0v) is 16.3. The number of imidazole rings is 1. The summed E-state index contributed by atoms with van der Waals surface area (Å²) in [6.45, 7) is 5.32. The molecule has 1 aliphatic heterocycles. The van der Waals surface area contributed by atoms with Crippen molar-refractivity contribution < 1.29 is 18.7 Å². The zero-order valence-electron chi connectivity index (χ0n) is 15.5. The SMILES string of the molecule is CC#Cc1nc(Cl)c2nc(-c3ccc(C)o3)n([C@@H]3OCC[C@H]3OC(C)=O)c2n1. The second-order valence-corrected chi connectivity index (χ2v) is 6.66. The second-order valence-electron chi connectivity index (χ2n) is 6.30. The first kappa shape index (κ1) is 18.5. The highest BCUT2D eigenvalue weighted by atomic mass is 35.5. The first-order valence-electron chi connectivity index (χ1n) is 8.71. The van der Waals surface area contributed by atoms with Gasteiger partial charge in [0.25, 0.3) is 0 Å². The summed E-state index contributed by atoms with van der Waals surface area (Å²) in [5.41, 5.74) is 0.829. The predicted octanol–water partition coefficient (Wildman–Crippen LogP) is 3.27. The lowest BCUT2D eigenvalue weighted by molar-refractivity contribution is -0.151. The number of aryl methyl sites for hydroxylation is 1.